The molecule has 15 heavy (non-hydrogen) atoms. The lowest BCUT2D eigenvalue weighted by Gasteiger charge is -2.21. The van der Waals surface area contributed by atoms with Crippen LogP contribution in [-0.4, -0.2) is 19.0 Å². The van der Waals surface area contributed by atoms with Gasteiger partial charge < -0.3 is 4.74 Å². The van der Waals surface area contributed by atoms with Crippen molar-refractivity contribution in [2.24, 2.45) is 5.92 Å². The minimum absolute atomic E-state index is 0.533. The van der Waals surface area contributed by atoms with Gasteiger partial charge in [-0.2, -0.15) is 0 Å². The second kappa shape index (κ2) is 6.29. The van der Waals surface area contributed by atoms with Crippen LogP contribution in [0, 0.1) is 12.8 Å². The lowest BCUT2D eigenvalue weighted by Crippen LogP contribution is -2.16. The van der Waals surface area contributed by atoms with Crippen molar-refractivity contribution >= 4 is 15.9 Å². The molecule has 1 aromatic rings. The van der Waals surface area contributed by atoms with Gasteiger partial charge in [-0.1, -0.05) is 52.7 Å². The number of ether oxygens (including phenoxy) is 1. The Morgan fingerprint density at radius 2 is 1.87 bits per heavy atom. The molecule has 1 aromatic carbocycles. The fraction of sp³-hybridized carbons (Fsp3) is 0.538. The summed E-state index contributed by atoms with van der Waals surface area (Å²) in [6.45, 7) is 5.16. The van der Waals surface area contributed by atoms with Crippen molar-refractivity contribution < 1.29 is 4.74 Å². The highest BCUT2D eigenvalue weighted by Crippen LogP contribution is 2.27. The Morgan fingerprint density at radius 1 is 1.27 bits per heavy atom. The van der Waals surface area contributed by atoms with E-state index in [1.807, 2.05) is 0 Å². The molecule has 0 aliphatic carbocycles. The summed E-state index contributed by atoms with van der Waals surface area (Å²) in [6.07, 6.45) is 0. The van der Waals surface area contributed by atoms with Crippen molar-refractivity contribution in [3.8, 4) is 0 Å². The molecular weight excluding hydrogens is 252 g/mol. The molecule has 2 atom stereocenters. The Kier molecular flexibility index (Phi) is 5.34. The normalized spacial score (nSPS) is 14.9. The van der Waals surface area contributed by atoms with Crippen molar-refractivity contribution in [3.05, 3.63) is 35.4 Å². The van der Waals surface area contributed by atoms with E-state index in [0.717, 1.165) is 11.9 Å². The molecule has 1 rings (SSSR count). The number of rotatable bonds is 5. The third kappa shape index (κ3) is 3.62. The van der Waals surface area contributed by atoms with Crippen molar-refractivity contribution in [2.75, 3.05) is 19.0 Å². The average molecular weight is 271 g/mol. The zero-order valence-corrected chi connectivity index (χ0v) is 11.3. The lowest BCUT2D eigenvalue weighted by molar-refractivity contribution is 0.150. The van der Waals surface area contributed by atoms with Gasteiger partial charge in [-0.15, -0.1) is 0 Å². The molecule has 0 bridgehead atoms. The molecular formula is C13H19BrO. The van der Waals surface area contributed by atoms with E-state index in [-0.39, 0.29) is 0 Å². The highest BCUT2D eigenvalue weighted by atomic mass is 79.9. The first-order chi connectivity index (χ1) is 7.19. The first-order valence-corrected chi connectivity index (χ1v) is 6.42. The Morgan fingerprint density at radius 3 is 2.33 bits per heavy atom. The number of benzene rings is 1. The van der Waals surface area contributed by atoms with E-state index in [0.29, 0.717) is 11.8 Å². The second-order valence-electron chi connectivity index (χ2n) is 4.10. The van der Waals surface area contributed by atoms with Crippen LogP contribution in [0.1, 0.15) is 24.0 Å². The van der Waals surface area contributed by atoms with Gasteiger partial charge in [0.05, 0.1) is 0 Å². The van der Waals surface area contributed by atoms with E-state index in [2.05, 4.69) is 54.0 Å². The number of methoxy groups -OCH3 is 1. The monoisotopic (exact) mass is 270 g/mol. The van der Waals surface area contributed by atoms with Gasteiger partial charge in [-0.3, -0.25) is 0 Å². The highest BCUT2D eigenvalue weighted by Gasteiger charge is 2.17. The Hall–Kier alpha value is -0.340. The largest absolute Gasteiger partial charge is 0.384 e. The minimum Gasteiger partial charge on any atom is -0.384 e. The van der Waals surface area contributed by atoms with Gasteiger partial charge >= 0.3 is 0 Å². The molecule has 0 radical (unpaired) electrons. The molecule has 1 nitrogen and oxygen atoms in total. The quantitative estimate of drug-likeness (QED) is 0.741. The summed E-state index contributed by atoms with van der Waals surface area (Å²) < 4.78 is 5.21. The Bertz CT molecular complexity index is 281. The maximum Gasteiger partial charge on any atom is 0.0493 e. The van der Waals surface area contributed by atoms with E-state index in [4.69, 9.17) is 4.74 Å². The smallest absolute Gasteiger partial charge is 0.0493 e. The van der Waals surface area contributed by atoms with Crippen LogP contribution in [-0.2, 0) is 4.74 Å². The minimum atomic E-state index is 0.533. The summed E-state index contributed by atoms with van der Waals surface area (Å²) in [6, 6.07) is 8.77. The topological polar surface area (TPSA) is 9.23 Å². The van der Waals surface area contributed by atoms with Gasteiger partial charge in [-0.05, 0) is 24.3 Å². The average Bonchev–Trinajstić information content (AvgIpc) is 2.22. The predicted molar refractivity (Wildman–Crippen MR) is 68.8 cm³/mol. The van der Waals surface area contributed by atoms with Crippen molar-refractivity contribution in [2.45, 2.75) is 19.8 Å². The van der Waals surface area contributed by atoms with E-state index < -0.39 is 0 Å². The summed E-state index contributed by atoms with van der Waals surface area (Å²) in [5.41, 5.74) is 2.70. The van der Waals surface area contributed by atoms with Crippen molar-refractivity contribution in [1.82, 2.24) is 0 Å². The molecule has 2 unspecified atom stereocenters. The van der Waals surface area contributed by atoms with Crippen LogP contribution >= 0.6 is 15.9 Å². The first kappa shape index (κ1) is 12.7. The molecule has 0 aliphatic rings. The standard InChI is InChI=1S/C13H19BrO/c1-10-4-6-12(7-5-10)13(8-14)11(2)9-15-3/h4-7,11,13H,8-9H2,1-3H3. The van der Waals surface area contributed by atoms with Gasteiger partial charge in [0.25, 0.3) is 0 Å². The van der Waals surface area contributed by atoms with Crippen LogP contribution in [0.3, 0.4) is 0 Å². The third-order valence-electron chi connectivity index (χ3n) is 2.79. The van der Waals surface area contributed by atoms with Crippen LogP contribution in [0.2, 0.25) is 0 Å². The maximum absolute atomic E-state index is 5.21. The molecule has 0 fully saturated rings. The number of hydrogen-bond donors (Lipinski definition) is 0. The molecule has 0 saturated carbocycles. The van der Waals surface area contributed by atoms with Crippen LogP contribution in [0.25, 0.3) is 0 Å². The number of alkyl halides is 1. The van der Waals surface area contributed by atoms with Gasteiger partial charge in [-0.25, -0.2) is 0 Å². The van der Waals surface area contributed by atoms with Crippen LogP contribution < -0.4 is 0 Å². The van der Waals surface area contributed by atoms with Gasteiger partial charge in [0.1, 0.15) is 0 Å². The molecule has 84 valence electrons. The van der Waals surface area contributed by atoms with Crippen LogP contribution in [0.5, 0.6) is 0 Å². The Labute approximate surface area is 101 Å². The van der Waals surface area contributed by atoms with E-state index >= 15 is 0 Å². The Balaban J connectivity index is 2.77. The number of hydrogen-bond acceptors (Lipinski definition) is 1. The third-order valence-corrected chi connectivity index (χ3v) is 3.49. The highest BCUT2D eigenvalue weighted by molar-refractivity contribution is 9.09. The van der Waals surface area contributed by atoms with E-state index in [9.17, 15) is 0 Å². The summed E-state index contributed by atoms with van der Waals surface area (Å²) in [7, 11) is 1.76. The first-order valence-electron chi connectivity index (χ1n) is 5.30. The summed E-state index contributed by atoms with van der Waals surface area (Å²) in [5.74, 6) is 1.07. The SMILES string of the molecule is COCC(C)C(CBr)c1ccc(C)cc1. The van der Waals surface area contributed by atoms with Gasteiger partial charge in [0.15, 0.2) is 0 Å². The second-order valence-corrected chi connectivity index (χ2v) is 4.75. The number of aryl methyl sites for hydroxylation is 1. The molecule has 0 spiro atoms. The summed E-state index contributed by atoms with van der Waals surface area (Å²) >= 11 is 3.59. The molecule has 0 saturated heterocycles. The lowest BCUT2D eigenvalue weighted by atomic mass is 9.89. The zero-order valence-electron chi connectivity index (χ0n) is 9.66. The molecule has 0 aromatic heterocycles. The van der Waals surface area contributed by atoms with Crippen LogP contribution in [0.4, 0.5) is 0 Å². The van der Waals surface area contributed by atoms with Crippen LogP contribution in [0.15, 0.2) is 24.3 Å². The molecule has 2 heteroatoms. The summed E-state index contributed by atoms with van der Waals surface area (Å²) in [4.78, 5) is 0. The molecule has 0 heterocycles. The molecule has 0 N–H and O–H groups in total. The van der Waals surface area contributed by atoms with Crippen molar-refractivity contribution in [3.63, 3.8) is 0 Å². The summed E-state index contributed by atoms with van der Waals surface area (Å²) in [5, 5.41) is 0.987. The fourth-order valence-electron chi connectivity index (χ4n) is 1.76. The fourth-order valence-corrected chi connectivity index (χ4v) is 2.77. The molecule has 0 amide bonds. The van der Waals surface area contributed by atoms with E-state index in [1.54, 1.807) is 7.11 Å². The molecule has 0 aliphatic heterocycles. The van der Waals surface area contributed by atoms with Crippen molar-refractivity contribution in [1.29, 1.82) is 0 Å². The zero-order chi connectivity index (χ0) is 11.3. The van der Waals surface area contributed by atoms with Gasteiger partial charge in [0, 0.05) is 19.0 Å². The predicted octanol–water partition coefficient (Wildman–Crippen LogP) is 3.76. The van der Waals surface area contributed by atoms with Gasteiger partial charge in [0.2, 0.25) is 0 Å². The maximum atomic E-state index is 5.21. The van der Waals surface area contributed by atoms with E-state index in [1.165, 1.54) is 11.1 Å². The number of halogens is 1.